The van der Waals surface area contributed by atoms with Gasteiger partial charge >= 0.3 is 0 Å². The second kappa shape index (κ2) is 6.49. The second-order valence-corrected chi connectivity index (χ2v) is 9.04. The zero-order chi connectivity index (χ0) is 22.2. The minimum Gasteiger partial charge on any atom is -0.354 e. The molecule has 8 rings (SSSR count). The molecule has 0 spiro atoms. The Morgan fingerprint density at radius 3 is 2.00 bits per heavy atom. The Labute approximate surface area is 195 Å². The summed E-state index contributed by atoms with van der Waals surface area (Å²) in [6.07, 6.45) is 0. The molecule has 6 aromatic carbocycles. The molecule has 8 aromatic rings. The third-order valence-corrected chi connectivity index (χ3v) is 7.29. The van der Waals surface area contributed by atoms with Gasteiger partial charge in [-0.3, -0.25) is 0 Å². The number of nitrogens with one attached hydrogen (secondary N) is 1. The van der Waals surface area contributed by atoms with Crippen molar-refractivity contribution in [3.8, 4) is 5.69 Å². The SMILES string of the molecule is c1ccc2c(-n3c4ccccc4c4c5c6ccccc6[nH]c5c5ccccc5c43)cccc2c1. The number of rotatable bonds is 1. The maximum atomic E-state index is 3.75. The fourth-order valence-corrected chi connectivity index (χ4v) is 5.91. The summed E-state index contributed by atoms with van der Waals surface area (Å²) in [6, 6.07) is 41.6. The van der Waals surface area contributed by atoms with Crippen molar-refractivity contribution in [2.45, 2.75) is 0 Å². The lowest BCUT2D eigenvalue weighted by molar-refractivity contribution is 1.20. The molecule has 2 heterocycles. The zero-order valence-corrected chi connectivity index (χ0v) is 18.4. The van der Waals surface area contributed by atoms with Crippen molar-refractivity contribution in [1.82, 2.24) is 9.55 Å². The highest BCUT2D eigenvalue weighted by Gasteiger charge is 2.21. The van der Waals surface area contributed by atoms with E-state index in [2.05, 4.69) is 125 Å². The Balaban J connectivity index is 1.75. The van der Waals surface area contributed by atoms with Crippen LogP contribution in [0, 0.1) is 0 Å². The number of benzene rings is 6. The number of para-hydroxylation sites is 2. The van der Waals surface area contributed by atoms with Crippen LogP contribution < -0.4 is 0 Å². The summed E-state index contributed by atoms with van der Waals surface area (Å²) in [4.78, 5) is 3.75. The molecule has 0 fully saturated rings. The van der Waals surface area contributed by atoms with E-state index in [1.807, 2.05) is 0 Å². The molecule has 0 unspecified atom stereocenters. The van der Waals surface area contributed by atoms with Crippen molar-refractivity contribution in [1.29, 1.82) is 0 Å². The van der Waals surface area contributed by atoms with Gasteiger partial charge in [-0.2, -0.15) is 0 Å². The first-order valence-electron chi connectivity index (χ1n) is 11.7. The third-order valence-electron chi connectivity index (χ3n) is 7.29. The summed E-state index contributed by atoms with van der Waals surface area (Å²) in [6.45, 7) is 0. The molecular formula is C32H20N2. The highest BCUT2D eigenvalue weighted by molar-refractivity contribution is 6.36. The van der Waals surface area contributed by atoms with Gasteiger partial charge in [0.1, 0.15) is 0 Å². The number of H-pyrrole nitrogens is 1. The second-order valence-electron chi connectivity index (χ2n) is 9.04. The number of hydrogen-bond acceptors (Lipinski definition) is 0. The van der Waals surface area contributed by atoms with Gasteiger partial charge in [0.15, 0.2) is 0 Å². The minimum atomic E-state index is 1.18. The topological polar surface area (TPSA) is 20.7 Å². The van der Waals surface area contributed by atoms with Gasteiger partial charge in [-0.1, -0.05) is 97.1 Å². The number of aromatic amines is 1. The van der Waals surface area contributed by atoms with Crippen LogP contribution >= 0.6 is 0 Å². The molecule has 158 valence electrons. The number of aromatic nitrogens is 2. The van der Waals surface area contributed by atoms with Gasteiger partial charge in [0.25, 0.3) is 0 Å². The molecule has 1 N–H and O–H groups in total. The largest absolute Gasteiger partial charge is 0.354 e. The van der Waals surface area contributed by atoms with Crippen molar-refractivity contribution in [3.05, 3.63) is 115 Å². The van der Waals surface area contributed by atoms with Gasteiger partial charge in [0, 0.05) is 43.2 Å². The highest BCUT2D eigenvalue weighted by atomic mass is 15.0. The van der Waals surface area contributed by atoms with E-state index in [-0.39, 0.29) is 0 Å². The van der Waals surface area contributed by atoms with Gasteiger partial charge in [-0.25, -0.2) is 0 Å². The predicted molar refractivity (Wildman–Crippen MR) is 145 cm³/mol. The van der Waals surface area contributed by atoms with Crippen LogP contribution in [0.5, 0.6) is 0 Å². The zero-order valence-electron chi connectivity index (χ0n) is 18.4. The van der Waals surface area contributed by atoms with Gasteiger partial charge in [0.05, 0.1) is 22.2 Å². The van der Waals surface area contributed by atoms with Crippen molar-refractivity contribution in [3.63, 3.8) is 0 Å². The van der Waals surface area contributed by atoms with Gasteiger partial charge < -0.3 is 9.55 Å². The number of hydrogen-bond donors (Lipinski definition) is 1. The molecule has 0 aliphatic carbocycles. The van der Waals surface area contributed by atoms with Crippen molar-refractivity contribution in [2.75, 3.05) is 0 Å². The normalized spacial score (nSPS) is 12.1. The molecule has 2 nitrogen and oxygen atoms in total. The standard InChI is InChI=1S/C32H20N2/c1-2-12-21-20(10-1)11-9-19-27(21)34-28-18-8-6-16-25(28)30-29-24-15-5-7-17-26(24)33-31(29)22-13-3-4-14-23(22)32(30)34/h1-19,33H. The molecule has 0 radical (unpaired) electrons. The van der Waals surface area contributed by atoms with E-state index in [0.717, 1.165) is 0 Å². The molecule has 0 atom stereocenters. The van der Waals surface area contributed by atoms with Crippen LogP contribution in [0.25, 0.3) is 70.8 Å². The molecule has 0 saturated carbocycles. The Bertz CT molecular complexity index is 2070. The van der Waals surface area contributed by atoms with E-state index >= 15 is 0 Å². The van der Waals surface area contributed by atoms with Crippen molar-refractivity contribution >= 4 is 65.2 Å². The molecule has 0 amide bonds. The van der Waals surface area contributed by atoms with Crippen molar-refractivity contribution < 1.29 is 0 Å². The van der Waals surface area contributed by atoms with Crippen molar-refractivity contribution in [2.24, 2.45) is 0 Å². The molecule has 2 heteroatoms. The lowest BCUT2D eigenvalue weighted by atomic mass is 9.99. The fraction of sp³-hybridized carbons (Fsp3) is 0. The van der Waals surface area contributed by atoms with Crippen LogP contribution in [0.2, 0.25) is 0 Å². The molecule has 34 heavy (non-hydrogen) atoms. The highest BCUT2D eigenvalue weighted by Crippen LogP contribution is 2.45. The third kappa shape index (κ3) is 2.20. The maximum absolute atomic E-state index is 3.75. The van der Waals surface area contributed by atoms with E-state index in [0.29, 0.717) is 0 Å². The summed E-state index contributed by atoms with van der Waals surface area (Å²) in [5.74, 6) is 0. The van der Waals surface area contributed by atoms with E-state index in [1.165, 1.54) is 70.8 Å². The average Bonchev–Trinajstić information content (AvgIpc) is 3.45. The summed E-state index contributed by atoms with van der Waals surface area (Å²) < 4.78 is 2.48. The average molecular weight is 433 g/mol. The predicted octanol–water partition coefficient (Wildman–Crippen LogP) is 8.72. The molecule has 0 aliphatic heterocycles. The van der Waals surface area contributed by atoms with Crippen LogP contribution in [-0.4, -0.2) is 9.55 Å². The monoisotopic (exact) mass is 432 g/mol. The molecule has 0 saturated heterocycles. The Kier molecular flexibility index (Phi) is 3.42. The fourth-order valence-electron chi connectivity index (χ4n) is 5.91. The van der Waals surface area contributed by atoms with Crippen LogP contribution in [0.1, 0.15) is 0 Å². The van der Waals surface area contributed by atoms with Crippen LogP contribution in [0.15, 0.2) is 115 Å². The smallest absolute Gasteiger partial charge is 0.0627 e. The first kappa shape index (κ1) is 17.9. The maximum Gasteiger partial charge on any atom is 0.0627 e. The van der Waals surface area contributed by atoms with Crippen LogP contribution in [0.4, 0.5) is 0 Å². The lowest BCUT2D eigenvalue weighted by Gasteiger charge is -2.13. The molecule has 0 aliphatic rings. The first-order valence-corrected chi connectivity index (χ1v) is 11.7. The number of fused-ring (bicyclic) bond motifs is 11. The Morgan fingerprint density at radius 1 is 0.471 bits per heavy atom. The summed E-state index contributed by atoms with van der Waals surface area (Å²) in [7, 11) is 0. The molecule has 2 aromatic heterocycles. The summed E-state index contributed by atoms with van der Waals surface area (Å²) in [5.41, 5.74) is 6.11. The summed E-state index contributed by atoms with van der Waals surface area (Å²) in [5, 5.41) is 10.2. The Hall–Kier alpha value is -4.56. The van der Waals surface area contributed by atoms with Crippen LogP contribution in [-0.2, 0) is 0 Å². The van der Waals surface area contributed by atoms with Gasteiger partial charge in [-0.15, -0.1) is 0 Å². The minimum absolute atomic E-state index is 1.18. The quantitative estimate of drug-likeness (QED) is 0.268. The lowest BCUT2D eigenvalue weighted by Crippen LogP contribution is -1.96. The van der Waals surface area contributed by atoms with E-state index < -0.39 is 0 Å². The van der Waals surface area contributed by atoms with Gasteiger partial charge in [-0.05, 0) is 23.6 Å². The van der Waals surface area contributed by atoms with E-state index in [4.69, 9.17) is 0 Å². The van der Waals surface area contributed by atoms with Gasteiger partial charge in [0.2, 0.25) is 0 Å². The first-order chi connectivity index (χ1) is 16.9. The Morgan fingerprint density at radius 2 is 1.12 bits per heavy atom. The van der Waals surface area contributed by atoms with E-state index in [9.17, 15) is 0 Å². The summed E-state index contributed by atoms with van der Waals surface area (Å²) >= 11 is 0. The number of nitrogens with zero attached hydrogens (tertiary/aromatic N) is 1. The molecular weight excluding hydrogens is 412 g/mol. The molecule has 0 bridgehead atoms. The van der Waals surface area contributed by atoms with E-state index in [1.54, 1.807) is 0 Å². The van der Waals surface area contributed by atoms with Crippen LogP contribution in [0.3, 0.4) is 0 Å².